The number of carbonyl (C=O) groups is 2. The number of ether oxygens (including phenoxy) is 4. The van der Waals surface area contributed by atoms with E-state index in [2.05, 4.69) is 10.7 Å². The molecule has 1 aliphatic rings. The minimum atomic E-state index is -0.857. The molecule has 0 bridgehead atoms. The second-order valence-corrected chi connectivity index (χ2v) is 8.02. The molecule has 3 aromatic carbocycles. The highest BCUT2D eigenvalue weighted by Gasteiger charge is 2.47. The number of benzene rings is 3. The molecule has 1 heterocycles. The standard InChI is InChI=1S/C27H27N3O6/c1-33-20-10-6-18(7-11-20)25-24(28-26(31)19-8-12-21(34-2)13-9-19)27(32)29-30(25)16-17-5-14-22(35-3)23(15-17)36-4/h5-16,24-25H,1-4H3,(H-,28,29,31,32)/p+1/b30-16-/t24-,25+/m0/s1. The summed E-state index contributed by atoms with van der Waals surface area (Å²) >= 11 is 0. The van der Waals surface area contributed by atoms with Gasteiger partial charge in [0.2, 0.25) is 12.3 Å². The monoisotopic (exact) mass is 490 g/mol. The van der Waals surface area contributed by atoms with Crippen LogP contribution >= 0.6 is 0 Å². The van der Waals surface area contributed by atoms with E-state index in [1.807, 2.05) is 30.3 Å². The maximum Gasteiger partial charge on any atom is 0.304 e. The van der Waals surface area contributed by atoms with E-state index in [1.165, 1.54) is 0 Å². The largest absolute Gasteiger partial charge is 0.497 e. The van der Waals surface area contributed by atoms with Gasteiger partial charge in [0.15, 0.2) is 17.5 Å². The van der Waals surface area contributed by atoms with Crippen LogP contribution in [0.15, 0.2) is 66.7 Å². The average molecular weight is 491 g/mol. The van der Waals surface area contributed by atoms with Gasteiger partial charge in [0, 0.05) is 16.7 Å². The highest BCUT2D eigenvalue weighted by molar-refractivity contribution is 5.98. The van der Waals surface area contributed by atoms with Gasteiger partial charge in [-0.05, 0) is 66.7 Å². The first kappa shape index (κ1) is 24.6. The van der Waals surface area contributed by atoms with Gasteiger partial charge in [0.1, 0.15) is 11.5 Å². The number of carbonyl (C=O) groups excluding carboxylic acids is 2. The van der Waals surface area contributed by atoms with Gasteiger partial charge in [-0.2, -0.15) is 0 Å². The first-order valence-electron chi connectivity index (χ1n) is 11.2. The summed E-state index contributed by atoms with van der Waals surface area (Å²) in [6, 6.07) is 18.1. The quantitative estimate of drug-likeness (QED) is 0.472. The molecule has 0 saturated carbocycles. The number of hydrazone groups is 1. The maximum atomic E-state index is 13.1. The van der Waals surface area contributed by atoms with Crippen LogP contribution in [0.1, 0.15) is 27.5 Å². The van der Waals surface area contributed by atoms with Crippen LogP contribution in [0.2, 0.25) is 0 Å². The zero-order valence-corrected chi connectivity index (χ0v) is 20.5. The van der Waals surface area contributed by atoms with Crippen LogP contribution in [0.3, 0.4) is 0 Å². The molecule has 2 amide bonds. The number of hydrazine groups is 1. The van der Waals surface area contributed by atoms with Crippen molar-refractivity contribution < 1.29 is 33.2 Å². The molecule has 1 aliphatic heterocycles. The van der Waals surface area contributed by atoms with Gasteiger partial charge in [-0.25, -0.2) is 0 Å². The molecule has 2 atom stereocenters. The van der Waals surface area contributed by atoms with E-state index >= 15 is 0 Å². The molecule has 3 aromatic rings. The predicted molar refractivity (Wildman–Crippen MR) is 133 cm³/mol. The topological polar surface area (TPSA) is 98.1 Å². The summed E-state index contributed by atoms with van der Waals surface area (Å²) in [6.07, 6.45) is 1.79. The SMILES string of the molecule is COc1ccc(C(=O)N[C@@H]2C(=O)N/[N+](=C\c3ccc(OC)c(OC)c3)[C@@H]2c2ccc(OC)cc2)cc1. The third kappa shape index (κ3) is 5.10. The summed E-state index contributed by atoms with van der Waals surface area (Å²) in [5, 5.41) is 2.89. The van der Waals surface area contributed by atoms with E-state index in [0.29, 0.717) is 28.6 Å². The van der Waals surface area contributed by atoms with Crippen molar-refractivity contribution >= 4 is 18.0 Å². The predicted octanol–water partition coefficient (Wildman–Crippen LogP) is 2.74. The third-order valence-electron chi connectivity index (χ3n) is 5.93. The van der Waals surface area contributed by atoms with Crippen molar-refractivity contribution in [1.29, 1.82) is 0 Å². The summed E-state index contributed by atoms with van der Waals surface area (Å²) in [4.78, 5) is 26.1. The lowest BCUT2D eigenvalue weighted by Gasteiger charge is -2.15. The zero-order valence-electron chi connectivity index (χ0n) is 20.5. The van der Waals surface area contributed by atoms with Gasteiger partial charge in [0.05, 0.1) is 28.4 Å². The van der Waals surface area contributed by atoms with Gasteiger partial charge >= 0.3 is 5.91 Å². The molecule has 2 N–H and O–H groups in total. The van der Waals surface area contributed by atoms with Crippen LogP contribution in [-0.2, 0) is 4.79 Å². The van der Waals surface area contributed by atoms with Gasteiger partial charge in [-0.1, -0.05) is 0 Å². The number of hydrogen-bond acceptors (Lipinski definition) is 6. The highest BCUT2D eigenvalue weighted by atomic mass is 16.5. The van der Waals surface area contributed by atoms with Crippen LogP contribution in [0, 0.1) is 0 Å². The molecule has 9 heteroatoms. The molecular formula is C27H28N3O6+. The van der Waals surface area contributed by atoms with Crippen molar-refractivity contribution in [3.05, 3.63) is 83.4 Å². The molecule has 0 aromatic heterocycles. The zero-order chi connectivity index (χ0) is 25.7. The smallest absolute Gasteiger partial charge is 0.304 e. The third-order valence-corrected chi connectivity index (χ3v) is 5.93. The lowest BCUT2D eigenvalue weighted by atomic mass is 9.99. The van der Waals surface area contributed by atoms with E-state index in [4.69, 9.17) is 18.9 Å². The molecule has 1 fully saturated rings. The molecule has 186 valence electrons. The van der Waals surface area contributed by atoms with Crippen molar-refractivity contribution in [1.82, 2.24) is 10.7 Å². The minimum Gasteiger partial charge on any atom is -0.497 e. The lowest BCUT2D eigenvalue weighted by Crippen LogP contribution is -2.42. The number of rotatable bonds is 8. The van der Waals surface area contributed by atoms with E-state index in [9.17, 15) is 9.59 Å². The van der Waals surface area contributed by atoms with Crippen LogP contribution < -0.4 is 29.7 Å². The summed E-state index contributed by atoms with van der Waals surface area (Å²) in [7, 11) is 6.27. The highest BCUT2D eigenvalue weighted by Crippen LogP contribution is 2.29. The molecule has 0 unspecified atom stereocenters. The van der Waals surface area contributed by atoms with Crippen LogP contribution in [0.25, 0.3) is 0 Å². The average Bonchev–Trinajstić information content (AvgIpc) is 3.22. The first-order chi connectivity index (χ1) is 17.5. The molecule has 1 saturated heterocycles. The molecule has 36 heavy (non-hydrogen) atoms. The summed E-state index contributed by atoms with van der Waals surface area (Å²) < 4.78 is 22.9. The number of methoxy groups -OCH3 is 4. The number of nitrogens with one attached hydrogen (secondary N) is 2. The fourth-order valence-electron chi connectivity index (χ4n) is 4.04. The Kier molecular flexibility index (Phi) is 7.39. The van der Waals surface area contributed by atoms with Crippen molar-refractivity contribution in [2.75, 3.05) is 28.4 Å². The van der Waals surface area contributed by atoms with Gasteiger partial charge in [-0.3, -0.25) is 9.59 Å². The summed E-state index contributed by atoms with van der Waals surface area (Å²) in [6.45, 7) is 0. The van der Waals surface area contributed by atoms with E-state index < -0.39 is 12.1 Å². The Morgan fingerprint density at radius 3 is 2.03 bits per heavy atom. The molecule has 4 rings (SSSR count). The molecule has 9 nitrogen and oxygen atoms in total. The number of hydrogen-bond donors (Lipinski definition) is 2. The van der Waals surface area contributed by atoms with Gasteiger partial charge in [0.25, 0.3) is 5.91 Å². The molecule has 0 radical (unpaired) electrons. The Morgan fingerprint density at radius 1 is 0.833 bits per heavy atom. The van der Waals surface area contributed by atoms with E-state index in [1.54, 1.807) is 75.7 Å². The molecule has 0 aliphatic carbocycles. The fourth-order valence-corrected chi connectivity index (χ4v) is 4.04. The van der Waals surface area contributed by atoms with Gasteiger partial charge < -0.3 is 24.3 Å². The fraction of sp³-hybridized carbons (Fsp3) is 0.222. The molecular weight excluding hydrogens is 462 g/mol. The Labute approximate surface area is 209 Å². The minimum absolute atomic E-state index is 0.339. The van der Waals surface area contributed by atoms with Crippen molar-refractivity contribution in [3.63, 3.8) is 0 Å². The van der Waals surface area contributed by atoms with Crippen LogP contribution in [0.5, 0.6) is 23.0 Å². The first-order valence-corrected chi connectivity index (χ1v) is 11.2. The Hall–Kier alpha value is -4.53. The second-order valence-electron chi connectivity index (χ2n) is 8.02. The Bertz CT molecular complexity index is 1270. The van der Waals surface area contributed by atoms with Crippen molar-refractivity contribution in [2.24, 2.45) is 0 Å². The van der Waals surface area contributed by atoms with Gasteiger partial charge in [-0.15, -0.1) is 10.1 Å². The summed E-state index contributed by atoms with van der Waals surface area (Å²) in [5.41, 5.74) is 4.87. The number of nitrogens with zero attached hydrogens (tertiary/aromatic N) is 1. The summed E-state index contributed by atoms with van der Waals surface area (Å²) in [5.74, 6) is 1.76. The molecule has 0 spiro atoms. The second kappa shape index (κ2) is 10.8. The maximum absolute atomic E-state index is 13.1. The lowest BCUT2D eigenvalue weighted by molar-refractivity contribution is -0.596. The Morgan fingerprint density at radius 2 is 1.44 bits per heavy atom. The number of amides is 2. The van der Waals surface area contributed by atoms with E-state index in [-0.39, 0.29) is 11.8 Å². The van der Waals surface area contributed by atoms with E-state index in [0.717, 1.165) is 11.1 Å². The normalized spacial score (nSPS) is 17.9. The van der Waals surface area contributed by atoms with Crippen LogP contribution in [0.4, 0.5) is 0 Å². The van der Waals surface area contributed by atoms with Crippen LogP contribution in [-0.4, -0.2) is 57.2 Å². The Balaban J connectivity index is 1.70. The van der Waals surface area contributed by atoms with Crippen molar-refractivity contribution in [3.8, 4) is 23.0 Å². The van der Waals surface area contributed by atoms with Crippen molar-refractivity contribution in [2.45, 2.75) is 12.1 Å².